The minimum atomic E-state index is -0.250. The third kappa shape index (κ3) is 5.08. The number of allylic oxidation sites excluding steroid dienone is 1. The number of halogens is 2. The van der Waals surface area contributed by atoms with Crippen molar-refractivity contribution in [1.29, 1.82) is 0 Å². The minimum Gasteiger partial charge on any atom is -0.309 e. The highest BCUT2D eigenvalue weighted by Crippen LogP contribution is 2.24. The molecule has 3 nitrogen and oxygen atoms in total. The fraction of sp³-hybridized carbons (Fsp3) is 0.333. The van der Waals surface area contributed by atoms with Crippen LogP contribution in [-0.4, -0.2) is 37.1 Å². The normalized spacial score (nSPS) is 11.8. The highest BCUT2D eigenvalue weighted by Gasteiger charge is 2.14. The first-order chi connectivity index (χ1) is 9.31. The summed E-state index contributed by atoms with van der Waals surface area (Å²) < 4.78 is 0. The number of carbonyl (C=O) groups excluding carboxylic acids is 2. The fourth-order valence-electron chi connectivity index (χ4n) is 1.61. The van der Waals surface area contributed by atoms with E-state index in [0.29, 0.717) is 28.6 Å². The molecule has 0 saturated carbocycles. The van der Waals surface area contributed by atoms with Crippen LogP contribution in [0.5, 0.6) is 0 Å². The molecule has 0 spiro atoms. The third-order valence-electron chi connectivity index (χ3n) is 2.72. The minimum absolute atomic E-state index is 0.169. The van der Waals surface area contributed by atoms with Gasteiger partial charge in [0.15, 0.2) is 11.6 Å². The van der Waals surface area contributed by atoms with Crippen LogP contribution < -0.4 is 0 Å². The van der Waals surface area contributed by atoms with Gasteiger partial charge in [-0.3, -0.25) is 9.59 Å². The number of hydrogen-bond acceptors (Lipinski definition) is 3. The number of rotatable bonds is 6. The van der Waals surface area contributed by atoms with E-state index in [-0.39, 0.29) is 17.1 Å². The lowest BCUT2D eigenvalue weighted by atomic mass is 10.0. The van der Waals surface area contributed by atoms with Gasteiger partial charge in [-0.05, 0) is 44.8 Å². The van der Waals surface area contributed by atoms with Gasteiger partial charge in [0, 0.05) is 13.0 Å². The summed E-state index contributed by atoms with van der Waals surface area (Å²) >= 11 is 11.8. The molecule has 1 rings (SSSR count). The van der Waals surface area contributed by atoms with Gasteiger partial charge in [0.1, 0.15) is 0 Å². The molecule has 0 unspecified atom stereocenters. The van der Waals surface area contributed by atoms with Crippen LogP contribution in [0.25, 0.3) is 6.08 Å². The van der Waals surface area contributed by atoms with E-state index in [1.807, 2.05) is 19.0 Å². The third-order valence-corrected chi connectivity index (χ3v) is 3.46. The summed E-state index contributed by atoms with van der Waals surface area (Å²) in [5, 5.41) is 0.830. The molecule has 0 saturated heterocycles. The van der Waals surface area contributed by atoms with Crippen LogP contribution in [0.1, 0.15) is 18.9 Å². The molecule has 0 radical (unpaired) electrons. The molecule has 1 aromatic rings. The predicted octanol–water partition coefficient (Wildman–Crippen LogP) is 3.49. The number of ketones is 2. The van der Waals surface area contributed by atoms with Gasteiger partial charge >= 0.3 is 0 Å². The van der Waals surface area contributed by atoms with E-state index in [1.54, 1.807) is 24.3 Å². The first-order valence-electron chi connectivity index (χ1n) is 6.17. The van der Waals surface area contributed by atoms with Gasteiger partial charge in [0.25, 0.3) is 0 Å². The zero-order chi connectivity index (χ0) is 15.3. The van der Waals surface area contributed by atoms with Crippen LogP contribution in [0.15, 0.2) is 23.8 Å². The van der Waals surface area contributed by atoms with Crippen molar-refractivity contribution in [3.05, 3.63) is 39.4 Å². The van der Waals surface area contributed by atoms with Crippen LogP contribution in [0, 0.1) is 0 Å². The molecular formula is C15H17Cl2NO2. The Morgan fingerprint density at radius 3 is 2.35 bits per heavy atom. The number of nitrogens with zero attached hydrogens (tertiary/aromatic N) is 1. The van der Waals surface area contributed by atoms with E-state index in [0.717, 1.165) is 0 Å². The van der Waals surface area contributed by atoms with E-state index < -0.39 is 0 Å². The van der Waals surface area contributed by atoms with Gasteiger partial charge in [-0.15, -0.1) is 0 Å². The molecule has 0 heterocycles. The summed E-state index contributed by atoms with van der Waals surface area (Å²) in [7, 11) is 3.76. The Bertz CT molecular complexity index is 551. The summed E-state index contributed by atoms with van der Waals surface area (Å²) in [5.41, 5.74) is 0.869. The Balaban J connectivity index is 3.00. The Morgan fingerprint density at radius 2 is 1.85 bits per heavy atom. The van der Waals surface area contributed by atoms with Gasteiger partial charge in [-0.1, -0.05) is 29.3 Å². The average Bonchev–Trinajstić information content (AvgIpc) is 2.36. The van der Waals surface area contributed by atoms with Crippen LogP contribution in [0.4, 0.5) is 0 Å². The predicted molar refractivity (Wildman–Crippen MR) is 83.3 cm³/mol. The number of Topliss-reactive ketones (excluding diaryl/α,β-unsaturated/α-hetero) is 2. The number of carbonyl (C=O) groups is 2. The lowest BCUT2D eigenvalue weighted by molar-refractivity contribution is -0.120. The van der Waals surface area contributed by atoms with E-state index >= 15 is 0 Å². The largest absolute Gasteiger partial charge is 0.309 e. The Labute approximate surface area is 129 Å². The van der Waals surface area contributed by atoms with Crippen LogP contribution in [0.2, 0.25) is 10.0 Å². The van der Waals surface area contributed by atoms with Crippen molar-refractivity contribution >= 4 is 40.8 Å². The van der Waals surface area contributed by atoms with Crippen molar-refractivity contribution in [3.63, 3.8) is 0 Å². The lowest BCUT2D eigenvalue weighted by Crippen LogP contribution is -2.19. The second-order valence-electron chi connectivity index (χ2n) is 4.76. The molecule has 0 aliphatic rings. The Hall–Kier alpha value is -1.16. The molecule has 0 bridgehead atoms. The maximum absolute atomic E-state index is 12.1. The number of benzene rings is 1. The molecule has 0 atom stereocenters. The fourth-order valence-corrected chi connectivity index (χ4v) is 1.91. The molecule has 108 valence electrons. The monoisotopic (exact) mass is 313 g/mol. The number of hydrogen-bond donors (Lipinski definition) is 0. The van der Waals surface area contributed by atoms with Crippen molar-refractivity contribution in [2.24, 2.45) is 0 Å². The molecule has 0 amide bonds. The molecule has 1 aromatic carbocycles. The summed E-state index contributed by atoms with van der Waals surface area (Å²) in [5.74, 6) is -0.419. The van der Waals surface area contributed by atoms with Crippen molar-refractivity contribution in [3.8, 4) is 0 Å². The van der Waals surface area contributed by atoms with E-state index in [2.05, 4.69) is 0 Å². The van der Waals surface area contributed by atoms with Crippen LogP contribution in [-0.2, 0) is 9.59 Å². The van der Waals surface area contributed by atoms with Gasteiger partial charge in [0.05, 0.1) is 15.6 Å². The highest BCUT2D eigenvalue weighted by atomic mass is 35.5. The highest BCUT2D eigenvalue weighted by molar-refractivity contribution is 6.42. The van der Waals surface area contributed by atoms with Gasteiger partial charge in [-0.2, -0.15) is 0 Å². The molecule has 20 heavy (non-hydrogen) atoms. The van der Waals surface area contributed by atoms with E-state index in [1.165, 1.54) is 6.92 Å². The summed E-state index contributed by atoms with van der Waals surface area (Å²) in [6.45, 7) is 1.99. The molecule has 0 fully saturated rings. The van der Waals surface area contributed by atoms with Crippen molar-refractivity contribution in [1.82, 2.24) is 4.90 Å². The summed E-state index contributed by atoms with van der Waals surface area (Å²) in [6.07, 6.45) is 1.86. The maximum atomic E-state index is 12.1. The standard InChI is InChI=1S/C15H17Cl2NO2/c1-10(19)12(15(20)6-7-18(2)3)8-11-4-5-13(16)14(17)9-11/h4-5,8-9H,6-7H2,1-3H3/b12-8+. The van der Waals surface area contributed by atoms with Gasteiger partial charge < -0.3 is 4.90 Å². The topological polar surface area (TPSA) is 37.4 Å². The SMILES string of the molecule is CC(=O)/C(=C\c1ccc(Cl)c(Cl)c1)C(=O)CCN(C)C. The molecule has 5 heteroatoms. The quantitative estimate of drug-likeness (QED) is 0.458. The summed E-state index contributed by atoms with van der Waals surface area (Å²) in [4.78, 5) is 25.6. The first kappa shape index (κ1) is 16.9. The molecule has 0 N–H and O–H groups in total. The average molecular weight is 314 g/mol. The smallest absolute Gasteiger partial charge is 0.167 e. The Kier molecular flexibility index (Phi) is 6.40. The van der Waals surface area contributed by atoms with Crippen molar-refractivity contribution < 1.29 is 9.59 Å². The molecule has 0 aliphatic carbocycles. The second kappa shape index (κ2) is 7.58. The maximum Gasteiger partial charge on any atom is 0.167 e. The van der Waals surface area contributed by atoms with Crippen LogP contribution >= 0.6 is 23.2 Å². The van der Waals surface area contributed by atoms with E-state index in [4.69, 9.17) is 23.2 Å². The molecule has 0 aromatic heterocycles. The second-order valence-corrected chi connectivity index (χ2v) is 5.58. The van der Waals surface area contributed by atoms with Crippen molar-refractivity contribution in [2.45, 2.75) is 13.3 Å². The Morgan fingerprint density at radius 1 is 1.20 bits per heavy atom. The van der Waals surface area contributed by atoms with Crippen molar-refractivity contribution in [2.75, 3.05) is 20.6 Å². The first-order valence-corrected chi connectivity index (χ1v) is 6.92. The molecular weight excluding hydrogens is 297 g/mol. The summed E-state index contributed by atoms with van der Waals surface area (Å²) in [6, 6.07) is 4.99. The van der Waals surface area contributed by atoms with E-state index in [9.17, 15) is 9.59 Å². The zero-order valence-corrected chi connectivity index (χ0v) is 13.3. The van der Waals surface area contributed by atoms with Gasteiger partial charge in [0.2, 0.25) is 0 Å². The van der Waals surface area contributed by atoms with Gasteiger partial charge in [-0.25, -0.2) is 0 Å². The lowest BCUT2D eigenvalue weighted by Gasteiger charge is -2.09. The van der Waals surface area contributed by atoms with Crippen LogP contribution in [0.3, 0.4) is 0 Å². The molecule has 0 aliphatic heterocycles. The zero-order valence-electron chi connectivity index (χ0n) is 11.7.